The molecule has 4 aliphatic carbocycles. The van der Waals surface area contributed by atoms with Gasteiger partial charge in [-0.05, 0) is 104 Å². The summed E-state index contributed by atoms with van der Waals surface area (Å²) in [6.07, 6.45) is 8.85. The largest absolute Gasteiger partial charge is 0.393 e. The highest BCUT2D eigenvalue weighted by atomic mass is 16.7. The number of hydrogen-bond donors (Lipinski definition) is 2. The van der Waals surface area contributed by atoms with Crippen LogP contribution in [0.3, 0.4) is 0 Å². The summed E-state index contributed by atoms with van der Waals surface area (Å²) < 4.78 is 0. The van der Waals surface area contributed by atoms with Crippen molar-refractivity contribution in [1.82, 2.24) is 5.06 Å². The topological polar surface area (TPSA) is 104 Å². The van der Waals surface area contributed by atoms with E-state index in [2.05, 4.69) is 27.7 Å². The van der Waals surface area contributed by atoms with E-state index >= 15 is 0 Å². The molecule has 0 aromatic heterocycles. The van der Waals surface area contributed by atoms with Crippen molar-refractivity contribution in [1.29, 1.82) is 0 Å². The van der Waals surface area contributed by atoms with Crippen LogP contribution in [0.4, 0.5) is 0 Å². The van der Waals surface area contributed by atoms with Crippen LogP contribution in [0.1, 0.15) is 105 Å². The molecule has 7 nitrogen and oxygen atoms in total. The Bertz CT molecular complexity index is 906. The number of fused-ring (bicyclic) bond motifs is 5. The lowest BCUT2D eigenvalue weighted by Gasteiger charge is -2.64. The Morgan fingerprint density at radius 2 is 1.65 bits per heavy atom. The number of carbonyl (C=O) groups excluding carboxylic acids is 3. The zero-order valence-electron chi connectivity index (χ0n) is 23.2. The van der Waals surface area contributed by atoms with Gasteiger partial charge in [0.15, 0.2) is 0 Å². The molecule has 7 heteroatoms. The second kappa shape index (κ2) is 9.93. The van der Waals surface area contributed by atoms with Crippen molar-refractivity contribution in [2.45, 2.75) is 117 Å². The predicted octanol–water partition coefficient (Wildman–Crippen LogP) is 4.64. The SMILES string of the molecule is CC[C@H]1C(O)C2C3CCC([C@H](C)CCC(=O)ON4C(=O)CCC4=O)[C@@]3(C)CCC2[C@@]2(C)CC[C@@H](O)C[C@@H]12. The Kier molecular flexibility index (Phi) is 7.27. The lowest BCUT2D eigenvalue weighted by molar-refractivity contribution is -0.203. The highest BCUT2D eigenvalue weighted by Gasteiger charge is 2.64. The molecule has 2 amide bonds. The number of hydroxylamine groups is 2. The molecular weight excluding hydrogens is 470 g/mol. The molecule has 0 aromatic rings. The molecule has 0 radical (unpaired) electrons. The molecule has 0 aromatic carbocycles. The van der Waals surface area contributed by atoms with Crippen LogP contribution >= 0.6 is 0 Å². The first-order chi connectivity index (χ1) is 17.5. The minimum atomic E-state index is -0.509. The number of carbonyl (C=O) groups is 3. The Labute approximate surface area is 221 Å². The van der Waals surface area contributed by atoms with Crippen LogP contribution in [0.15, 0.2) is 0 Å². The van der Waals surface area contributed by atoms with Gasteiger partial charge in [-0.15, -0.1) is 5.06 Å². The fourth-order valence-corrected chi connectivity index (χ4v) is 10.3. The summed E-state index contributed by atoms with van der Waals surface area (Å²) in [5, 5.41) is 23.0. The normalized spacial score (nSPS) is 46.3. The van der Waals surface area contributed by atoms with Gasteiger partial charge in [0.2, 0.25) is 0 Å². The summed E-state index contributed by atoms with van der Waals surface area (Å²) in [6, 6.07) is 0. The molecule has 0 bridgehead atoms. The quantitative estimate of drug-likeness (QED) is 0.498. The Balaban J connectivity index is 1.28. The molecule has 208 valence electrons. The number of aliphatic hydroxyl groups is 2. The molecule has 1 heterocycles. The van der Waals surface area contributed by atoms with Crippen LogP contribution < -0.4 is 0 Å². The van der Waals surface area contributed by atoms with Gasteiger partial charge in [-0.3, -0.25) is 9.59 Å². The van der Waals surface area contributed by atoms with Gasteiger partial charge in [-0.1, -0.05) is 34.1 Å². The molecule has 11 atom stereocenters. The molecule has 0 spiro atoms. The van der Waals surface area contributed by atoms with Crippen LogP contribution in [0.2, 0.25) is 0 Å². The molecule has 5 unspecified atom stereocenters. The lowest BCUT2D eigenvalue weighted by atomic mass is 9.41. The van der Waals surface area contributed by atoms with Gasteiger partial charge in [0, 0.05) is 19.3 Å². The van der Waals surface area contributed by atoms with Gasteiger partial charge < -0.3 is 15.1 Å². The number of amides is 2. The maximum atomic E-state index is 12.4. The van der Waals surface area contributed by atoms with Crippen molar-refractivity contribution in [2.24, 2.45) is 52.3 Å². The number of nitrogens with zero attached hydrogens (tertiary/aromatic N) is 1. The third-order valence-corrected chi connectivity index (χ3v) is 12.2. The molecule has 5 fully saturated rings. The molecule has 37 heavy (non-hydrogen) atoms. The summed E-state index contributed by atoms with van der Waals surface area (Å²) in [7, 11) is 0. The minimum Gasteiger partial charge on any atom is -0.393 e. The molecular formula is C30H47NO6. The zero-order valence-corrected chi connectivity index (χ0v) is 23.2. The van der Waals surface area contributed by atoms with E-state index in [9.17, 15) is 24.6 Å². The van der Waals surface area contributed by atoms with Crippen molar-refractivity contribution in [3.8, 4) is 0 Å². The summed E-state index contributed by atoms with van der Waals surface area (Å²) >= 11 is 0. The van der Waals surface area contributed by atoms with E-state index in [0.29, 0.717) is 47.0 Å². The third kappa shape index (κ3) is 4.36. The van der Waals surface area contributed by atoms with Crippen molar-refractivity contribution in [3.63, 3.8) is 0 Å². The standard InChI is InChI=1S/C30H47NO6/c1-5-19-23-16-18(32)12-14-30(23,4)22-13-15-29(3)20(7-8-21(29)27(22)28(19)36)17(2)6-11-26(35)37-31-24(33)9-10-25(31)34/h17-23,27-28,32,36H,5-16H2,1-4H3/t17-,18-,19-,20?,21?,22?,23+,27?,28?,29-,30-/m1/s1. The first-order valence-electron chi connectivity index (χ1n) is 14.9. The average molecular weight is 518 g/mol. The Morgan fingerprint density at radius 3 is 2.32 bits per heavy atom. The lowest BCUT2D eigenvalue weighted by Crippen LogP contribution is -2.62. The third-order valence-electron chi connectivity index (χ3n) is 12.2. The number of imide groups is 1. The van der Waals surface area contributed by atoms with Crippen molar-refractivity contribution in [3.05, 3.63) is 0 Å². The highest BCUT2D eigenvalue weighted by Crippen LogP contribution is 2.69. The fraction of sp³-hybridized carbons (Fsp3) is 0.900. The van der Waals surface area contributed by atoms with Crippen molar-refractivity contribution >= 4 is 17.8 Å². The molecule has 2 N–H and O–H groups in total. The van der Waals surface area contributed by atoms with Gasteiger partial charge in [0.05, 0.1) is 12.2 Å². The van der Waals surface area contributed by atoms with E-state index in [1.54, 1.807) is 0 Å². The monoisotopic (exact) mass is 517 g/mol. The van der Waals surface area contributed by atoms with Crippen molar-refractivity contribution < 1.29 is 29.4 Å². The summed E-state index contributed by atoms with van der Waals surface area (Å²) in [6.45, 7) is 9.35. The molecule has 1 saturated heterocycles. The summed E-state index contributed by atoms with van der Waals surface area (Å²) in [4.78, 5) is 41.1. The maximum Gasteiger partial charge on any atom is 0.333 e. The summed E-state index contributed by atoms with van der Waals surface area (Å²) in [5.41, 5.74) is 0.338. The van der Waals surface area contributed by atoms with Crippen LogP contribution in [-0.2, 0) is 19.2 Å². The van der Waals surface area contributed by atoms with Gasteiger partial charge in [-0.25, -0.2) is 4.79 Å². The van der Waals surface area contributed by atoms with E-state index in [1.165, 1.54) is 0 Å². The van der Waals surface area contributed by atoms with E-state index in [1.807, 2.05) is 0 Å². The molecule has 5 aliphatic rings. The Hall–Kier alpha value is -1.47. The van der Waals surface area contributed by atoms with E-state index in [-0.39, 0.29) is 48.2 Å². The highest BCUT2D eigenvalue weighted by molar-refractivity contribution is 6.01. The van der Waals surface area contributed by atoms with Crippen molar-refractivity contribution in [2.75, 3.05) is 0 Å². The summed E-state index contributed by atoms with van der Waals surface area (Å²) in [5.74, 6) is 1.39. The molecule has 4 saturated carbocycles. The van der Waals surface area contributed by atoms with Crippen LogP contribution in [0.5, 0.6) is 0 Å². The second-order valence-electron chi connectivity index (χ2n) is 13.7. The Morgan fingerprint density at radius 1 is 1.00 bits per heavy atom. The van der Waals surface area contributed by atoms with E-state index in [0.717, 1.165) is 51.4 Å². The van der Waals surface area contributed by atoms with E-state index in [4.69, 9.17) is 4.84 Å². The fourth-order valence-electron chi connectivity index (χ4n) is 10.3. The zero-order chi connectivity index (χ0) is 26.7. The number of aliphatic hydroxyl groups excluding tert-OH is 2. The van der Waals surface area contributed by atoms with Gasteiger partial charge in [0.25, 0.3) is 11.8 Å². The average Bonchev–Trinajstić information content (AvgIpc) is 3.37. The smallest absolute Gasteiger partial charge is 0.333 e. The first-order valence-corrected chi connectivity index (χ1v) is 14.9. The number of rotatable bonds is 6. The molecule has 1 aliphatic heterocycles. The van der Waals surface area contributed by atoms with E-state index < -0.39 is 17.8 Å². The maximum absolute atomic E-state index is 12.4. The minimum absolute atomic E-state index is 0.109. The first kappa shape index (κ1) is 27.1. The molecule has 5 rings (SSSR count). The number of hydrogen-bond acceptors (Lipinski definition) is 6. The van der Waals surface area contributed by atoms with Gasteiger partial charge >= 0.3 is 5.97 Å². The predicted molar refractivity (Wildman–Crippen MR) is 137 cm³/mol. The van der Waals surface area contributed by atoms with Gasteiger partial charge in [0.1, 0.15) is 0 Å². The second-order valence-corrected chi connectivity index (χ2v) is 13.7. The van der Waals surface area contributed by atoms with Gasteiger partial charge in [-0.2, -0.15) is 0 Å². The van der Waals surface area contributed by atoms with Crippen LogP contribution in [0, 0.1) is 52.3 Å². The van der Waals surface area contributed by atoms with Crippen LogP contribution in [-0.4, -0.2) is 45.3 Å². The van der Waals surface area contributed by atoms with Crippen LogP contribution in [0.25, 0.3) is 0 Å².